The highest BCUT2D eigenvalue weighted by atomic mass is 16.2. The van der Waals surface area contributed by atoms with Crippen molar-refractivity contribution in [3.8, 4) is 0 Å². The molecule has 0 unspecified atom stereocenters. The second kappa shape index (κ2) is 6.46. The summed E-state index contributed by atoms with van der Waals surface area (Å²) in [5, 5.41) is 0. The number of hydrogen-bond donors (Lipinski definition) is 1. The summed E-state index contributed by atoms with van der Waals surface area (Å²) in [6.45, 7) is 15.2. The Morgan fingerprint density at radius 2 is 1.81 bits per heavy atom. The lowest BCUT2D eigenvalue weighted by Gasteiger charge is -2.29. The number of rotatable bonds is 4. The van der Waals surface area contributed by atoms with Crippen molar-refractivity contribution in [2.24, 2.45) is 5.92 Å². The normalized spacial score (nSPS) is 12.0. The number of anilines is 1. The highest BCUT2D eigenvalue weighted by Gasteiger charge is 2.23. The van der Waals surface area contributed by atoms with Gasteiger partial charge >= 0.3 is 0 Å². The van der Waals surface area contributed by atoms with E-state index in [1.807, 2.05) is 24.8 Å². The zero-order chi connectivity index (χ0) is 16.4. The van der Waals surface area contributed by atoms with E-state index in [1.54, 1.807) is 6.07 Å². The van der Waals surface area contributed by atoms with Crippen LogP contribution in [0.5, 0.6) is 0 Å². The summed E-state index contributed by atoms with van der Waals surface area (Å²) in [6, 6.07) is 3.70. The van der Waals surface area contributed by atoms with Crippen molar-refractivity contribution >= 4 is 11.7 Å². The Morgan fingerprint density at radius 3 is 2.24 bits per heavy atom. The molecule has 21 heavy (non-hydrogen) atoms. The van der Waals surface area contributed by atoms with Gasteiger partial charge in [0.2, 0.25) is 0 Å². The minimum atomic E-state index is -0.134. The molecular formula is C17H29N3O. The monoisotopic (exact) mass is 291 g/mol. The molecule has 1 rings (SSSR count). The summed E-state index contributed by atoms with van der Waals surface area (Å²) < 4.78 is 0. The molecule has 0 radical (unpaired) electrons. The van der Waals surface area contributed by atoms with E-state index in [0.29, 0.717) is 17.3 Å². The molecule has 0 aliphatic rings. The van der Waals surface area contributed by atoms with Gasteiger partial charge in [-0.2, -0.15) is 0 Å². The Labute approximate surface area is 128 Å². The molecule has 0 aromatic carbocycles. The first-order valence-electron chi connectivity index (χ1n) is 7.61. The smallest absolute Gasteiger partial charge is 0.254 e. The summed E-state index contributed by atoms with van der Waals surface area (Å²) in [7, 11) is 0. The van der Waals surface area contributed by atoms with Crippen molar-refractivity contribution in [3.05, 3.63) is 23.4 Å². The van der Waals surface area contributed by atoms with Crippen molar-refractivity contribution in [3.63, 3.8) is 0 Å². The van der Waals surface area contributed by atoms with Crippen LogP contribution in [0, 0.1) is 5.92 Å². The molecule has 0 fully saturated rings. The number of aromatic nitrogens is 1. The fourth-order valence-corrected chi connectivity index (χ4v) is 2.15. The summed E-state index contributed by atoms with van der Waals surface area (Å²) in [5.41, 5.74) is 7.23. The molecule has 1 amide bonds. The third-order valence-corrected chi connectivity index (χ3v) is 3.31. The third-order valence-electron chi connectivity index (χ3n) is 3.31. The largest absolute Gasteiger partial charge is 0.384 e. The maximum Gasteiger partial charge on any atom is 0.254 e. The van der Waals surface area contributed by atoms with Gasteiger partial charge in [0.25, 0.3) is 5.91 Å². The zero-order valence-electron chi connectivity index (χ0n) is 14.4. The number of nitrogens with zero attached hydrogens (tertiary/aromatic N) is 2. The minimum Gasteiger partial charge on any atom is -0.384 e. The van der Waals surface area contributed by atoms with Gasteiger partial charge in [-0.3, -0.25) is 4.79 Å². The number of pyridine rings is 1. The lowest BCUT2D eigenvalue weighted by atomic mass is 9.90. The predicted octanol–water partition coefficient (Wildman–Crippen LogP) is 3.47. The Hall–Kier alpha value is -1.58. The van der Waals surface area contributed by atoms with E-state index in [4.69, 9.17) is 5.73 Å². The second-order valence-electron chi connectivity index (χ2n) is 7.36. The van der Waals surface area contributed by atoms with E-state index in [0.717, 1.165) is 12.2 Å². The number of amides is 1. The van der Waals surface area contributed by atoms with E-state index in [2.05, 4.69) is 39.6 Å². The lowest BCUT2D eigenvalue weighted by molar-refractivity contribution is 0.0681. The molecule has 2 N–H and O–H groups in total. The van der Waals surface area contributed by atoms with E-state index < -0.39 is 0 Å². The van der Waals surface area contributed by atoms with Gasteiger partial charge in [0.15, 0.2) is 0 Å². The van der Waals surface area contributed by atoms with Crippen LogP contribution in [-0.2, 0) is 5.41 Å². The van der Waals surface area contributed by atoms with Gasteiger partial charge in [-0.25, -0.2) is 4.98 Å². The molecule has 0 spiro atoms. The summed E-state index contributed by atoms with van der Waals surface area (Å²) >= 11 is 0. The van der Waals surface area contributed by atoms with Crippen molar-refractivity contribution in [1.29, 1.82) is 0 Å². The molecule has 0 atom stereocenters. The highest BCUT2D eigenvalue weighted by molar-refractivity contribution is 5.95. The van der Waals surface area contributed by atoms with Crippen LogP contribution in [-0.4, -0.2) is 28.4 Å². The first kappa shape index (κ1) is 17.5. The van der Waals surface area contributed by atoms with Gasteiger partial charge < -0.3 is 10.6 Å². The molecule has 0 aliphatic heterocycles. The Bertz CT molecular complexity index is 501. The lowest BCUT2D eigenvalue weighted by Crippen LogP contribution is -2.39. The van der Waals surface area contributed by atoms with Crippen LogP contribution in [0.3, 0.4) is 0 Å². The minimum absolute atomic E-state index is 0.0262. The van der Waals surface area contributed by atoms with Crippen LogP contribution in [0.4, 0.5) is 5.82 Å². The van der Waals surface area contributed by atoms with Crippen molar-refractivity contribution < 1.29 is 4.79 Å². The van der Waals surface area contributed by atoms with Gasteiger partial charge in [0.05, 0.1) is 0 Å². The average Bonchev–Trinajstić information content (AvgIpc) is 2.32. The fraction of sp³-hybridized carbons (Fsp3) is 0.647. The molecular weight excluding hydrogens is 262 g/mol. The van der Waals surface area contributed by atoms with E-state index in [-0.39, 0.29) is 17.4 Å². The fourth-order valence-electron chi connectivity index (χ4n) is 2.15. The van der Waals surface area contributed by atoms with Crippen molar-refractivity contribution in [2.45, 2.75) is 59.9 Å². The van der Waals surface area contributed by atoms with Crippen LogP contribution >= 0.6 is 0 Å². The van der Waals surface area contributed by atoms with E-state index in [9.17, 15) is 4.79 Å². The van der Waals surface area contributed by atoms with Gasteiger partial charge in [-0.15, -0.1) is 0 Å². The van der Waals surface area contributed by atoms with Gasteiger partial charge in [0, 0.05) is 29.3 Å². The molecule has 0 saturated heterocycles. The van der Waals surface area contributed by atoms with Crippen LogP contribution < -0.4 is 5.73 Å². The van der Waals surface area contributed by atoms with Crippen LogP contribution in [0.2, 0.25) is 0 Å². The average molecular weight is 291 g/mol. The molecule has 118 valence electrons. The molecule has 0 bridgehead atoms. The molecule has 1 heterocycles. The molecule has 0 aliphatic carbocycles. The SMILES string of the molecule is CC(C)CN(C(=O)c1cc(N)nc(C(C)(C)C)c1)C(C)C. The van der Waals surface area contributed by atoms with Gasteiger partial charge in [-0.1, -0.05) is 34.6 Å². The van der Waals surface area contributed by atoms with Gasteiger partial charge in [0.1, 0.15) is 5.82 Å². The number of nitrogens with two attached hydrogens (primary N) is 1. The third kappa shape index (κ3) is 4.73. The molecule has 0 saturated carbocycles. The maximum absolute atomic E-state index is 12.8. The van der Waals surface area contributed by atoms with Crippen LogP contribution in [0.1, 0.15) is 64.5 Å². The molecule has 1 aromatic rings. The zero-order valence-corrected chi connectivity index (χ0v) is 14.4. The Balaban J connectivity index is 3.19. The Morgan fingerprint density at radius 1 is 1.24 bits per heavy atom. The maximum atomic E-state index is 12.8. The Kier molecular flexibility index (Phi) is 5.37. The first-order chi connectivity index (χ1) is 9.52. The van der Waals surface area contributed by atoms with Crippen LogP contribution in [0.25, 0.3) is 0 Å². The van der Waals surface area contributed by atoms with E-state index >= 15 is 0 Å². The number of carbonyl (C=O) groups is 1. The van der Waals surface area contributed by atoms with Crippen molar-refractivity contribution in [1.82, 2.24) is 9.88 Å². The summed E-state index contributed by atoms with van der Waals surface area (Å²) in [4.78, 5) is 19.1. The van der Waals surface area contributed by atoms with Crippen LogP contribution in [0.15, 0.2) is 12.1 Å². The summed E-state index contributed by atoms with van der Waals surface area (Å²) in [5.74, 6) is 0.856. The standard InChI is InChI=1S/C17H29N3O/c1-11(2)10-20(12(3)4)16(21)13-8-14(17(5,6)7)19-15(18)9-13/h8-9,11-12H,10H2,1-7H3,(H2,18,19). The van der Waals surface area contributed by atoms with E-state index in [1.165, 1.54) is 0 Å². The quantitative estimate of drug-likeness (QED) is 0.924. The first-order valence-corrected chi connectivity index (χ1v) is 7.61. The summed E-state index contributed by atoms with van der Waals surface area (Å²) in [6.07, 6.45) is 0. The van der Waals surface area contributed by atoms with Crippen molar-refractivity contribution in [2.75, 3.05) is 12.3 Å². The molecule has 1 aromatic heterocycles. The number of carbonyl (C=O) groups excluding carboxylic acids is 1. The molecule has 4 nitrogen and oxygen atoms in total. The second-order valence-corrected chi connectivity index (χ2v) is 7.36. The molecule has 4 heteroatoms. The predicted molar refractivity (Wildman–Crippen MR) is 88.4 cm³/mol. The number of nitrogen functional groups attached to an aromatic ring is 1. The topological polar surface area (TPSA) is 59.2 Å². The number of hydrogen-bond acceptors (Lipinski definition) is 3. The van der Waals surface area contributed by atoms with Gasteiger partial charge in [-0.05, 0) is 31.9 Å². The highest BCUT2D eigenvalue weighted by Crippen LogP contribution is 2.23.